The van der Waals surface area contributed by atoms with Crippen LogP contribution in [0.1, 0.15) is 66.2 Å². The summed E-state index contributed by atoms with van der Waals surface area (Å²) in [5, 5.41) is -0.402. The van der Waals surface area contributed by atoms with Gasteiger partial charge in [-0.15, -0.1) is 0 Å². The van der Waals surface area contributed by atoms with Gasteiger partial charge in [0.25, 0.3) is 0 Å². The van der Waals surface area contributed by atoms with E-state index in [1.165, 1.54) is 38.2 Å². The van der Waals surface area contributed by atoms with Gasteiger partial charge in [0.1, 0.15) is 0 Å². The summed E-state index contributed by atoms with van der Waals surface area (Å²) < 4.78 is 0. The van der Waals surface area contributed by atoms with Crippen LogP contribution in [0.5, 0.6) is 0 Å². The highest BCUT2D eigenvalue weighted by Gasteiger charge is 2.01. The van der Waals surface area contributed by atoms with E-state index in [0.717, 1.165) is 23.8 Å². The minimum atomic E-state index is -0.402. The minimum Gasteiger partial charge on any atom is -0.276 e. The molecule has 2 heteroatoms. The Hall–Kier alpha value is -0.560. The molecular weight excluding hydrogens is 256 g/mol. The lowest BCUT2D eigenvalue weighted by molar-refractivity contribution is -0.107. The molecule has 0 N–H and O–H groups in total. The van der Waals surface area contributed by atoms with Crippen LogP contribution in [0.15, 0.2) is 23.8 Å². The maximum Gasteiger partial charge on any atom is 0.245 e. The van der Waals surface area contributed by atoms with E-state index >= 15 is 0 Å². The van der Waals surface area contributed by atoms with Crippen molar-refractivity contribution in [1.82, 2.24) is 0 Å². The van der Waals surface area contributed by atoms with Gasteiger partial charge < -0.3 is 0 Å². The molecule has 0 aliphatic heterocycles. The van der Waals surface area contributed by atoms with Crippen LogP contribution < -0.4 is 0 Å². The zero-order valence-corrected chi connectivity index (χ0v) is 13.7. The molecule has 0 aliphatic rings. The fourth-order valence-corrected chi connectivity index (χ4v) is 2.24. The lowest BCUT2D eigenvalue weighted by atomic mass is 9.96. The molecule has 1 unspecified atom stereocenters. The lowest BCUT2D eigenvalue weighted by Crippen LogP contribution is -1.95. The van der Waals surface area contributed by atoms with Crippen LogP contribution in [0.25, 0.3) is 0 Å². The quantitative estimate of drug-likeness (QED) is 0.212. The number of allylic oxidation sites excluding steroid dienone is 4. The molecule has 0 saturated carbocycles. The first-order valence-corrected chi connectivity index (χ1v) is 7.84. The van der Waals surface area contributed by atoms with Crippen molar-refractivity contribution in [2.75, 3.05) is 0 Å². The number of unbranched alkanes of at least 4 members (excludes halogenated alkanes) is 1. The van der Waals surface area contributed by atoms with E-state index in [-0.39, 0.29) is 0 Å². The van der Waals surface area contributed by atoms with E-state index in [1.807, 2.05) is 13.0 Å². The number of halogens is 1. The Bertz CT molecular complexity index is 302. The fraction of sp³-hybridized carbons (Fsp3) is 0.706. The lowest BCUT2D eigenvalue weighted by Gasteiger charge is -2.10. The maximum atomic E-state index is 10.6. The van der Waals surface area contributed by atoms with E-state index in [1.54, 1.807) is 0 Å². The topological polar surface area (TPSA) is 17.1 Å². The highest BCUT2D eigenvalue weighted by atomic mass is 35.5. The molecule has 0 rings (SSSR count). The second-order valence-electron chi connectivity index (χ2n) is 5.96. The van der Waals surface area contributed by atoms with E-state index in [9.17, 15) is 4.79 Å². The monoisotopic (exact) mass is 284 g/mol. The van der Waals surface area contributed by atoms with Gasteiger partial charge in [-0.25, -0.2) is 0 Å². The Balaban J connectivity index is 3.65. The van der Waals surface area contributed by atoms with Crippen LogP contribution in [0.4, 0.5) is 0 Å². The number of hydrogen-bond donors (Lipinski definition) is 0. The Kier molecular flexibility index (Phi) is 10.9. The molecule has 0 amide bonds. The van der Waals surface area contributed by atoms with E-state index in [2.05, 4.69) is 26.8 Å². The zero-order valence-electron chi connectivity index (χ0n) is 12.9. The third kappa shape index (κ3) is 13.7. The third-order valence-corrected chi connectivity index (χ3v) is 3.39. The van der Waals surface area contributed by atoms with Crippen LogP contribution >= 0.6 is 11.6 Å². The van der Waals surface area contributed by atoms with Gasteiger partial charge in [-0.3, -0.25) is 4.79 Å². The second-order valence-corrected chi connectivity index (χ2v) is 6.33. The van der Waals surface area contributed by atoms with Gasteiger partial charge in [0.05, 0.1) is 0 Å². The molecule has 0 radical (unpaired) electrons. The predicted molar refractivity (Wildman–Crippen MR) is 85.5 cm³/mol. The van der Waals surface area contributed by atoms with Crippen LogP contribution in [0.3, 0.4) is 0 Å². The molecule has 0 aliphatic carbocycles. The van der Waals surface area contributed by atoms with Crippen molar-refractivity contribution in [3.63, 3.8) is 0 Å². The zero-order chi connectivity index (χ0) is 14.7. The van der Waals surface area contributed by atoms with Gasteiger partial charge in [0.2, 0.25) is 5.24 Å². The molecule has 0 saturated heterocycles. The summed E-state index contributed by atoms with van der Waals surface area (Å²) >= 11 is 5.28. The molecule has 0 heterocycles. The average molecular weight is 285 g/mol. The van der Waals surface area contributed by atoms with Gasteiger partial charge in [-0.1, -0.05) is 58.6 Å². The Labute approximate surface area is 124 Å². The van der Waals surface area contributed by atoms with Crippen LogP contribution in [-0.4, -0.2) is 5.24 Å². The summed E-state index contributed by atoms with van der Waals surface area (Å²) in [6.07, 6.45) is 13.3. The fourth-order valence-electron chi connectivity index (χ4n) is 2.07. The SMILES string of the molecule is CC(C=CCCC(C)CCCCC(C)C)=CC(=O)Cl. The Morgan fingerprint density at radius 3 is 2.32 bits per heavy atom. The van der Waals surface area contributed by atoms with Crippen LogP contribution in [0, 0.1) is 11.8 Å². The van der Waals surface area contributed by atoms with Crippen molar-refractivity contribution in [3.05, 3.63) is 23.8 Å². The molecule has 1 nitrogen and oxygen atoms in total. The van der Waals surface area contributed by atoms with Crippen molar-refractivity contribution < 1.29 is 4.79 Å². The summed E-state index contributed by atoms with van der Waals surface area (Å²) in [4.78, 5) is 10.6. The molecule has 1 atom stereocenters. The second kappa shape index (κ2) is 11.3. The largest absolute Gasteiger partial charge is 0.276 e. The standard InChI is InChI=1S/C17H29ClO/c1-14(2)9-5-6-10-15(3)11-7-8-12-16(4)13-17(18)19/h8,12-15H,5-7,9-11H2,1-4H3. The molecule has 19 heavy (non-hydrogen) atoms. The smallest absolute Gasteiger partial charge is 0.245 e. The van der Waals surface area contributed by atoms with E-state index in [0.29, 0.717) is 0 Å². The first-order chi connectivity index (χ1) is 8.91. The molecule has 0 spiro atoms. The molecular formula is C17H29ClO. The highest BCUT2D eigenvalue weighted by molar-refractivity contribution is 6.66. The van der Waals surface area contributed by atoms with Gasteiger partial charge in [-0.2, -0.15) is 0 Å². The normalized spacial score (nSPS) is 14.3. The van der Waals surface area contributed by atoms with Gasteiger partial charge in [-0.05, 0) is 48.8 Å². The summed E-state index contributed by atoms with van der Waals surface area (Å²) in [7, 11) is 0. The Morgan fingerprint density at radius 1 is 1.11 bits per heavy atom. The molecule has 0 bridgehead atoms. The van der Waals surface area contributed by atoms with Crippen molar-refractivity contribution >= 4 is 16.8 Å². The molecule has 0 aromatic rings. The number of carbonyl (C=O) groups is 1. The summed E-state index contributed by atoms with van der Waals surface area (Å²) in [5.74, 6) is 1.62. The van der Waals surface area contributed by atoms with Gasteiger partial charge in [0, 0.05) is 6.08 Å². The highest BCUT2D eigenvalue weighted by Crippen LogP contribution is 2.17. The first kappa shape index (κ1) is 18.4. The van der Waals surface area contributed by atoms with Crippen molar-refractivity contribution in [3.8, 4) is 0 Å². The van der Waals surface area contributed by atoms with Crippen LogP contribution in [-0.2, 0) is 4.79 Å². The number of hydrogen-bond acceptors (Lipinski definition) is 1. The maximum absolute atomic E-state index is 10.6. The first-order valence-electron chi connectivity index (χ1n) is 7.46. The van der Waals surface area contributed by atoms with E-state index < -0.39 is 5.24 Å². The predicted octanol–water partition coefficient (Wildman–Crippen LogP) is 5.89. The minimum absolute atomic E-state index is 0.402. The van der Waals surface area contributed by atoms with Gasteiger partial charge >= 0.3 is 0 Å². The molecule has 110 valence electrons. The van der Waals surface area contributed by atoms with Crippen molar-refractivity contribution in [2.45, 2.75) is 66.2 Å². The summed E-state index contributed by atoms with van der Waals surface area (Å²) in [6, 6.07) is 0. The summed E-state index contributed by atoms with van der Waals surface area (Å²) in [6.45, 7) is 8.80. The summed E-state index contributed by atoms with van der Waals surface area (Å²) in [5.41, 5.74) is 0.921. The molecule has 0 aromatic heterocycles. The average Bonchev–Trinajstić information content (AvgIpc) is 2.29. The van der Waals surface area contributed by atoms with Crippen molar-refractivity contribution in [2.24, 2.45) is 11.8 Å². The third-order valence-electron chi connectivity index (χ3n) is 3.28. The Morgan fingerprint density at radius 2 is 1.74 bits per heavy atom. The van der Waals surface area contributed by atoms with Crippen molar-refractivity contribution in [1.29, 1.82) is 0 Å². The molecule has 0 aromatic carbocycles. The number of rotatable bonds is 10. The van der Waals surface area contributed by atoms with Gasteiger partial charge in [0.15, 0.2) is 0 Å². The van der Waals surface area contributed by atoms with E-state index in [4.69, 9.17) is 11.6 Å². The number of carbonyl (C=O) groups excluding carboxylic acids is 1. The molecule has 0 fully saturated rings. The van der Waals surface area contributed by atoms with Crippen LogP contribution in [0.2, 0.25) is 0 Å².